The zero-order valence-corrected chi connectivity index (χ0v) is 6.78. The lowest BCUT2D eigenvalue weighted by Crippen LogP contribution is -1.99. The van der Waals surface area contributed by atoms with Gasteiger partial charge in [0.1, 0.15) is 11.5 Å². The topological polar surface area (TPSA) is 66.0 Å². The molecule has 0 atom stereocenters. The van der Waals surface area contributed by atoms with E-state index in [2.05, 4.69) is 16.1 Å². The Kier molecular flexibility index (Phi) is 2.73. The van der Waals surface area contributed by atoms with Crippen molar-refractivity contribution in [3.05, 3.63) is 35.8 Å². The van der Waals surface area contributed by atoms with E-state index in [-0.39, 0.29) is 0 Å². The molecule has 0 radical (unpaired) electrons. The van der Waals surface area contributed by atoms with Gasteiger partial charge in [-0.25, -0.2) is 0 Å². The molecule has 4 nitrogen and oxygen atoms in total. The van der Waals surface area contributed by atoms with Crippen LogP contribution >= 0.6 is 0 Å². The third-order valence-electron chi connectivity index (χ3n) is 1.49. The van der Waals surface area contributed by atoms with Crippen LogP contribution in [0.1, 0.15) is 6.42 Å². The van der Waals surface area contributed by atoms with Gasteiger partial charge in [-0.2, -0.15) is 0 Å². The summed E-state index contributed by atoms with van der Waals surface area (Å²) in [6.07, 6.45) is 6.62. The maximum atomic E-state index is 8.25. The first-order valence-electron chi connectivity index (χ1n) is 3.49. The number of ether oxygens (including phenoxy) is 2. The van der Waals surface area contributed by atoms with Crippen LogP contribution in [0.4, 0.5) is 0 Å². The molecular weight excluding hydrogens is 168 g/mol. The predicted molar refractivity (Wildman–Crippen MR) is 43.3 cm³/mol. The van der Waals surface area contributed by atoms with Gasteiger partial charge in [0.25, 0.3) is 12.5 Å². The average molecular weight is 174 g/mol. The molecule has 13 heavy (non-hydrogen) atoms. The number of nitrogens with zero attached hydrogens (tertiary/aromatic N) is 2. The van der Waals surface area contributed by atoms with Crippen LogP contribution in [0.5, 0.6) is 0 Å². The Morgan fingerprint density at radius 3 is 2.46 bits per heavy atom. The molecule has 0 saturated heterocycles. The van der Waals surface area contributed by atoms with Gasteiger partial charge in [-0.1, -0.05) is 6.58 Å². The van der Waals surface area contributed by atoms with E-state index in [1.807, 2.05) is 0 Å². The molecule has 0 aliphatic heterocycles. The molecule has 1 aliphatic carbocycles. The average Bonchev–Trinajstić information content (AvgIpc) is 2.10. The summed E-state index contributed by atoms with van der Waals surface area (Å²) < 4.78 is 9.21. The Morgan fingerprint density at radius 2 is 1.92 bits per heavy atom. The zero-order chi connectivity index (χ0) is 9.68. The maximum absolute atomic E-state index is 8.25. The van der Waals surface area contributed by atoms with Crippen LogP contribution in [-0.4, -0.2) is 0 Å². The lowest BCUT2D eigenvalue weighted by molar-refractivity contribution is 0.343. The summed E-state index contributed by atoms with van der Waals surface area (Å²) >= 11 is 0. The van der Waals surface area contributed by atoms with Gasteiger partial charge >= 0.3 is 0 Å². The van der Waals surface area contributed by atoms with E-state index in [9.17, 15) is 0 Å². The molecule has 0 heterocycles. The van der Waals surface area contributed by atoms with Crippen molar-refractivity contribution in [1.29, 1.82) is 10.5 Å². The van der Waals surface area contributed by atoms with Gasteiger partial charge in [-0.15, -0.1) is 10.5 Å². The van der Waals surface area contributed by atoms with E-state index < -0.39 is 0 Å². The summed E-state index contributed by atoms with van der Waals surface area (Å²) in [7, 11) is 0. The lowest BCUT2D eigenvalue weighted by Gasteiger charge is -2.11. The Labute approximate surface area is 75.6 Å². The van der Waals surface area contributed by atoms with E-state index in [1.165, 1.54) is 0 Å². The first-order chi connectivity index (χ1) is 6.27. The summed E-state index contributed by atoms with van der Waals surface area (Å²) in [6.45, 7) is 3.67. The summed E-state index contributed by atoms with van der Waals surface area (Å²) in [5.74, 6) is 0.908. The van der Waals surface area contributed by atoms with Crippen LogP contribution in [0.3, 0.4) is 0 Å². The molecule has 0 unspecified atom stereocenters. The molecule has 0 aromatic carbocycles. The zero-order valence-electron chi connectivity index (χ0n) is 6.78. The molecule has 0 bridgehead atoms. The standard InChI is InChI=1S/C9H6N2O2/c1-7-4-8(12-5-10)2-3-9(7)13-6-11/h2-3H,1,4H2. The summed E-state index contributed by atoms with van der Waals surface area (Å²) in [5, 5.41) is 16.5. The number of hydrogen-bond acceptors (Lipinski definition) is 4. The van der Waals surface area contributed by atoms with Gasteiger partial charge in [-0.05, 0) is 17.7 Å². The third-order valence-corrected chi connectivity index (χ3v) is 1.49. The van der Waals surface area contributed by atoms with Crippen molar-refractivity contribution in [3.63, 3.8) is 0 Å². The number of allylic oxidation sites excluding steroid dienone is 4. The van der Waals surface area contributed by atoms with Gasteiger partial charge in [0.05, 0.1) is 0 Å². The second-order valence-corrected chi connectivity index (χ2v) is 2.33. The largest absolute Gasteiger partial charge is 0.392 e. The number of rotatable bonds is 2. The van der Waals surface area contributed by atoms with E-state index in [1.54, 1.807) is 24.7 Å². The second-order valence-electron chi connectivity index (χ2n) is 2.33. The minimum Gasteiger partial charge on any atom is -0.392 e. The van der Waals surface area contributed by atoms with E-state index in [0.717, 1.165) is 0 Å². The van der Waals surface area contributed by atoms with E-state index >= 15 is 0 Å². The second kappa shape index (κ2) is 3.99. The fourth-order valence-corrected chi connectivity index (χ4v) is 0.927. The van der Waals surface area contributed by atoms with Crippen molar-refractivity contribution >= 4 is 0 Å². The highest BCUT2D eigenvalue weighted by Crippen LogP contribution is 2.23. The smallest absolute Gasteiger partial charge is 0.292 e. The van der Waals surface area contributed by atoms with Gasteiger partial charge in [0, 0.05) is 6.42 Å². The van der Waals surface area contributed by atoms with Gasteiger partial charge in [0.2, 0.25) is 0 Å². The molecule has 1 aliphatic rings. The van der Waals surface area contributed by atoms with Crippen molar-refractivity contribution in [1.82, 2.24) is 0 Å². The molecule has 0 amide bonds. The fourth-order valence-electron chi connectivity index (χ4n) is 0.927. The molecule has 64 valence electrons. The van der Waals surface area contributed by atoms with Crippen molar-refractivity contribution in [3.8, 4) is 12.5 Å². The minimum absolute atomic E-state index is 0.390. The molecule has 0 spiro atoms. The van der Waals surface area contributed by atoms with Crippen molar-refractivity contribution < 1.29 is 9.47 Å². The van der Waals surface area contributed by atoms with Crippen molar-refractivity contribution in [2.75, 3.05) is 0 Å². The highest BCUT2D eigenvalue weighted by atomic mass is 16.5. The number of nitriles is 2. The Hall–Kier alpha value is -2.20. The molecule has 0 aromatic rings. The van der Waals surface area contributed by atoms with Crippen LogP contribution in [0.2, 0.25) is 0 Å². The molecule has 0 fully saturated rings. The Bertz CT molecular complexity index is 366. The fraction of sp³-hybridized carbons (Fsp3) is 0.111. The SMILES string of the molecule is C=C1CC(OC#N)=CC=C1OC#N. The first-order valence-corrected chi connectivity index (χ1v) is 3.49. The Balaban J connectivity index is 2.77. The van der Waals surface area contributed by atoms with E-state index in [4.69, 9.17) is 10.5 Å². The lowest BCUT2D eigenvalue weighted by atomic mass is 10.1. The summed E-state index contributed by atoms with van der Waals surface area (Å²) in [5.41, 5.74) is 0.620. The Morgan fingerprint density at radius 1 is 1.23 bits per heavy atom. The highest BCUT2D eigenvalue weighted by molar-refractivity contribution is 5.36. The molecule has 0 saturated carbocycles. The molecule has 1 rings (SSSR count). The first kappa shape index (κ1) is 8.89. The number of hydrogen-bond donors (Lipinski definition) is 0. The van der Waals surface area contributed by atoms with Crippen LogP contribution in [0, 0.1) is 23.0 Å². The quantitative estimate of drug-likeness (QED) is 0.597. The third kappa shape index (κ3) is 2.11. The maximum Gasteiger partial charge on any atom is 0.292 e. The van der Waals surface area contributed by atoms with Crippen molar-refractivity contribution in [2.45, 2.75) is 6.42 Å². The predicted octanol–water partition coefficient (Wildman–Crippen LogP) is 1.71. The molecule has 0 N–H and O–H groups in total. The van der Waals surface area contributed by atoms with E-state index in [0.29, 0.717) is 23.5 Å². The molecular formula is C9H6N2O2. The van der Waals surface area contributed by atoms with Gasteiger partial charge < -0.3 is 9.47 Å². The summed E-state index contributed by atoms with van der Waals surface area (Å²) in [6, 6.07) is 0. The van der Waals surface area contributed by atoms with Crippen LogP contribution in [0.25, 0.3) is 0 Å². The minimum atomic E-state index is 0.390. The monoisotopic (exact) mass is 174 g/mol. The molecule has 0 aromatic heterocycles. The normalized spacial score (nSPS) is 14.8. The van der Waals surface area contributed by atoms with Crippen molar-refractivity contribution in [2.24, 2.45) is 0 Å². The van der Waals surface area contributed by atoms with Crippen LogP contribution < -0.4 is 0 Å². The summed E-state index contributed by atoms with van der Waals surface area (Å²) in [4.78, 5) is 0. The van der Waals surface area contributed by atoms with Gasteiger partial charge in [-0.3, -0.25) is 0 Å². The highest BCUT2D eigenvalue weighted by Gasteiger charge is 2.12. The molecule has 4 heteroatoms. The van der Waals surface area contributed by atoms with Crippen LogP contribution in [0.15, 0.2) is 35.8 Å². The van der Waals surface area contributed by atoms with Gasteiger partial charge in [0.15, 0.2) is 0 Å². The van der Waals surface area contributed by atoms with Crippen LogP contribution in [-0.2, 0) is 9.47 Å².